The third kappa shape index (κ3) is 2.74. The van der Waals surface area contributed by atoms with Crippen LogP contribution in [0.3, 0.4) is 0 Å². The quantitative estimate of drug-likeness (QED) is 0.857. The first-order valence-electron chi connectivity index (χ1n) is 6.92. The molecule has 4 heteroatoms. The number of carbonyl (C=O) groups excluding carboxylic acids is 1. The molecule has 0 atom stereocenters. The van der Waals surface area contributed by atoms with Crippen molar-refractivity contribution in [3.63, 3.8) is 0 Å². The van der Waals surface area contributed by atoms with Gasteiger partial charge in [0.1, 0.15) is 0 Å². The summed E-state index contributed by atoms with van der Waals surface area (Å²) in [5.41, 5.74) is 2.50. The van der Waals surface area contributed by atoms with Gasteiger partial charge in [-0.3, -0.25) is 4.79 Å². The molecule has 0 spiro atoms. The summed E-state index contributed by atoms with van der Waals surface area (Å²) in [6.07, 6.45) is 2.45. The molecule has 0 N–H and O–H groups in total. The molecule has 20 heavy (non-hydrogen) atoms. The molecule has 4 nitrogen and oxygen atoms in total. The molecule has 1 aromatic carbocycles. The SMILES string of the molecule is Cc1ccc(-c2cc(C(=O)N(C)CC3CC3)no2)cc1. The van der Waals surface area contributed by atoms with Gasteiger partial charge in [-0.1, -0.05) is 35.0 Å². The fraction of sp³-hybridized carbons (Fsp3) is 0.375. The van der Waals surface area contributed by atoms with E-state index in [-0.39, 0.29) is 5.91 Å². The van der Waals surface area contributed by atoms with Gasteiger partial charge in [0.05, 0.1) is 0 Å². The van der Waals surface area contributed by atoms with Crippen LogP contribution in [0.4, 0.5) is 0 Å². The molecule has 1 aliphatic rings. The Bertz CT molecular complexity index is 612. The number of aromatic nitrogens is 1. The fourth-order valence-corrected chi connectivity index (χ4v) is 2.20. The molecule has 1 aliphatic carbocycles. The molecule has 1 saturated carbocycles. The topological polar surface area (TPSA) is 46.3 Å². The summed E-state index contributed by atoms with van der Waals surface area (Å²) in [7, 11) is 1.82. The van der Waals surface area contributed by atoms with Crippen LogP contribution in [0.25, 0.3) is 11.3 Å². The van der Waals surface area contributed by atoms with Crippen molar-refractivity contribution in [2.24, 2.45) is 5.92 Å². The molecule has 0 radical (unpaired) electrons. The van der Waals surface area contributed by atoms with Crippen molar-refractivity contribution in [3.05, 3.63) is 41.6 Å². The van der Waals surface area contributed by atoms with Crippen molar-refractivity contribution in [3.8, 4) is 11.3 Å². The zero-order valence-electron chi connectivity index (χ0n) is 11.8. The second-order valence-corrected chi connectivity index (χ2v) is 5.57. The van der Waals surface area contributed by atoms with Crippen LogP contribution in [0.2, 0.25) is 0 Å². The lowest BCUT2D eigenvalue weighted by Crippen LogP contribution is -2.28. The average Bonchev–Trinajstić information content (AvgIpc) is 3.12. The summed E-state index contributed by atoms with van der Waals surface area (Å²) in [5, 5.41) is 3.90. The average molecular weight is 270 g/mol. The van der Waals surface area contributed by atoms with E-state index >= 15 is 0 Å². The van der Waals surface area contributed by atoms with Gasteiger partial charge in [-0.15, -0.1) is 0 Å². The minimum atomic E-state index is -0.0704. The van der Waals surface area contributed by atoms with Gasteiger partial charge in [-0.05, 0) is 25.7 Å². The predicted molar refractivity (Wildman–Crippen MR) is 76.4 cm³/mol. The van der Waals surface area contributed by atoms with Gasteiger partial charge in [-0.25, -0.2) is 0 Å². The minimum Gasteiger partial charge on any atom is -0.355 e. The molecule has 1 fully saturated rings. The Morgan fingerprint density at radius 1 is 1.35 bits per heavy atom. The van der Waals surface area contributed by atoms with E-state index in [0.29, 0.717) is 17.4 Å². The first-order chi connectivity index (χ1) is 9.63. The number of hydrogen-bond acceptors (Lipinski definition) is 3. The molecule has 0 saturated heterocycles. The van der Waals surface area contributed by atoms with Crippen LogP contribution in [0, 0.1) is 12.8 Å². The van der Waals surface area contributed by atoms with Crippen LogP contribution >= 0.6 is 0 Å². The third-order valence-electron chi connectivity index (χ3n) is 3.64. The van der Waals surface area contributed by atoms with Crippen LogP contribution in [0.1, 0.15) is 28.9 Å². The van der Waals surface area contributed by atoms with Gasteiger partial charge < -0.3 is 9.42 Å². The number of carbonyl (C=O) groups is 1. The van der Waals surface area contributed by atoms with E-state index in [9.17, 15) is 4.79 Å². The van der Waals surface area contributed by atoms with Crippen LogP contribution in [0.5, 0.6) is 0 Å². The lowest BCUT2D eigenvalue weighted by Gasteiger charge is -2.14. The molecule has 2 aromatic rings. The maximum atomic E-state index is 12.2. The normalized spacial score (nSPS) is 14.3. The van der Waals surface area contributed by atoms with Crippen LogP contribution in [-0.4, -0.2) is 29.6 Å². The van der Waals surface area contributed by atoms with E-state index in [1.165, 1.54) is 18.4 Å². The zero-order valence-corrected chi connectivity index (χ0v) is 11.8. The smallest absolute Gasteiger partial charge is 0.275 e. The highest BCUT2D eigenvalue weighted by Crippen LogP contribution is 2.29. The zero-order chi connectivity index (χ0) is 14.1. The van der Waals surface area contributed by atoms with Crippen LogP contribution < -0.4 is 0 Å². The number of aryl methyl sites for hydroxylation is 1. The van der Waals surface area contributed by atoms with Gasteiger partial charge in [0, 0.05) is 25.2 Å². The molecule has 3 rings (SSSR count). The molecule has 1 aromatic heterocycles. The van der Waals surface area contributed by atoms with Gasteiger partial charge in [0.2, 0.25) is 0 Å². The summed E-state index contributed by atoms with van der Waals surface area (Å²) in [6, 6.07) is 9.68. The van der Waals surface area contributed by atoms with Gasteiger partial charge in [0.25, 0.3) is 5.91 Å². The molecule has 104 valence electrons. The maximum Gasteiger partial charge on any atom is 0.275 e. The number of rotatable bonds is 4. The third-order valence-corrected chi connectivity index (χ3v) is 3.64. The molecular weight excluding hydrogens is 252 g/mol. The van der Waals surface area contributed by atoms with E-state index in [4.69, 9.17) is 4.52 Å². The van der Waals surface area contributed by atoms with Gasteiger partial charge >= 0.3 is 0 Å². The highest BCUT2D eigenvalue weighted by molar-refractivity contribution is 5.93. The molecule has 1 heterocycles. The van der Waals surface area contributed by atoms with Crippen molar-refractivity contribution in [2.75, 3.05) is 13.6 Å². The maximum absolute atomic E-state index is 12.2. The lowest BCUT2D eigenvalue weighted by molar-refractivity contribution is 0.0778. The molecular formula is C16H18N2O2. The Hall–Kier alpha value is -2.10. The summed E-state index contributed by atoms with van der Waals surface area (Å²) >= 11 is 0. The summed E-state index contributed by atoms with van der Waals surface area (Å²) < 4.78 is 5.28. The van der Waals surface area contributed by atoms with E-state index in [0.717, 1.165) is 12.1 Å². The Balaban J connectivity index is 1.75. The first-order valence-corrected chi connectivity index (χ1v) is 6.92. The van der Waals surface area contributed by atoms with Crippen molar-refractivity contribution in [1.82, 2.24) is 10.1 Å². The number of hydrogen-bond donors (Lipinski definition) is 0. The Kier molecular flexibility index (Phi) is 3.30. The van der Waals surface area contributed by atoms with Gasteiger partial charge in [-0.2, -0.15) is 0 Å². The van der Waals surface area contributed by atoms with Crippen molar-refractivity contribution >= 4 is 5.91 Å². The summed E-state index contributed by atoms with van der Waals surface area (Å²) in [6.45, 7) is 2.84. The first kappa shape index (κ1) is 12.9. The molecule has 1 amide bonds. The second-order valence-electron chi connectivity index (χ2n) is 5.57. The van der Waals surface area contributed by atoms with E-state index in [2.05, 4.69) is 5.16 Å². The van der Waals surface area contributed by atoms with E-state index in [1.54, 1.807) is 11.0 Å². The molecule has 0 unspecified atom stereocenters. The fourth-order valence-electron chi connectivity index (χ4n) is 2.20. The number of benzene rings is 1. The van der Waals surface area contributed by atoms with Crippen molar-refractivity contribution in [2.45, 2.75) is 19.8 Å². The van der Waals surface area contributed by atoms with Crippen molar-refractivity contribution < 1.29 is 9.32 Å². The van der Waals surface area contributed by atoms with E-state index < -0.39 is 0 Å². The summed E-state index contributed by atoms with van der Waals surface area (Å²) in [5.74, 6) is 1.24. The van der Waals surface area contributed by atoms with Crippen LogP contribution in [-0.2, 0) is 0 Å². The highest BCUT2D eigenvalue weighted by Gasteiger charge is 2.26. The Morgan fingerprint density at radius 3 is 2.70 bits per heavy atom. The molecule has 0 bridgehead atoms. The largest absolute Gasteiger partial charge is 0.355 e. The monoisotopic (exact) mass is 270 g/mol. The second kappa shape index (κ2) is 5.12. The van der Waals surface area contributed by atoms with Crippen LogP contribution in [0.15, 0.2) is 34.9 Å². The Morgan fingerprint density at radius 2 is 2.05 bits per heavy atom. The number of amides is 1. The van der Waals surface area contributed by atoms with Gasteiger partial charge in [0.15, 0.2) is 11.5 Å². The predicted octanol–water partition coefficient (Wildman–Crippen LogP) is 3.13. The molecule has 0 aliphatic heterocycles. The lowest BCUT2D eigenvalue weighted by atomic mass is 10.1. The minimum absolute atomic E-state index is 0.0704. The Labute approximate surface area is 118 Å². The highest BCUT2D eigenvalue weighted by atomic mass is 16.5. The standard InChI is InChI=1S/C16H18N2O2/c1-11-3-7-13(8-4-11)15-9-14(17-20-15)16(19)18(2)10-12-5-6-12/h3-4,7-9,12H,5-6,10H2,1-2H3. The summed E-state index contributed by atoms with van der Waals surface area (Å²) in [4.78, 5) is 13.9. The van der Waals surface area contributed by atoms with Crippen molar-refractivity contribution in [1.29, 1.82) is 0 Å². The van der Waals surface area contributed by atoms with E-state index in [1.807, 2.05) is 38.2 Å². The number of nitrogens with zero attached hydrogens (tertiary/aromatic N) is 2.